The van der Waals surface area contributed by atoms with Gasteiger partial charge in [-0.05, 0) is 37.6 Å². The summed E-state index contributed by atoms with van der Waals surface area (Å²) in [6, 6.07) is 18.2. The zero-order chi connectivity index (χ0) is 27.5. The van der Waals surface area contributed by atoms with E-state index in [1.165, 1.54) is 22.8 Å². The summed E-state index contributed by atoms with van der Waals surface area (Å²) in [5.74, 6) is -0.220. The van der Waals surface area contributed by atoms with E-state index in [2.05, 4.69) is 0 Å². The number of fused-ring (bicyclic) bond motifs is 1. The summed E-state index contributed by atoms with van der Waals surface area (Å²) in [6.07, 6.45) is 1.43. The number of esters is 1. The molecular weight excluding hydrogens is 522 g/mol. The van der Waals surface area contributed by atoms with Crippen LogP contribution in [0, 0.1) is 10.1 Å². The number of carbonyl (C=O) groups excluding carboxylic acids is 1. The number of aromatic nitrogens is 1. The zero-order valence-electron chi connectivity index (χ0n) is 21.0. The van der Waals surface area contributed by atoms with Crippen molar-refractivity contribution < 1.29 is 23.6 Å². The van der Waals surface area contributed by atoms with Crippen molar-refractivity contribution in [2.75, 3.05) is 13.2 Å². The van der Waals surface area contributed by atoms with Crippen molar-refractivity contribution in [2.45, 2.75) is 19.9 Å². The second kappa shape index (κ2) is 10.9. The van der Waals surface area contributed by atoms with Gasteiger partial charge in [-0.15, -0.1) is 0 Å². The molecule has 0 amide bonds. The van der Waals surface area contributed by atoms with E-state index in [1.807, 2.05) is 37.3 Å². The molecule has 2 aromatic heterocycles. The van der Waals surface area contributed by atoms with Gasteiger partial charge in [-0.25, -0.2) is 9.79 Å². The Balaban J connectivity index is 1.78. The molecule has 198 valence electrons. The van der Waals surface area contributed by atoms with Crippen molar-refractivity contribution in [3.63, 3.8) is 0 Å². The van der Waals surface area contributed by atoms with Crippen LogP contribution in [0.3, 0.4) is 0 Å². The Bertz CT molecular complexity index is 1750. The lowest BCUT2D eigenvalue weighted by molar-refractivity contribution is -0.402. The number of ether oxygens (including phenoxy) is 2. The van der Waals surface area contributed by atoms with Gasteiger partial charge in [0.15, 0.2) is 4.80 Å². The second-order valence-corrected chi connectivity index (χ2v) is 9.38. The van der Waals surface area contributed by atoms with E-state index in [4.69, 9.17) is 18.9 Å². The topological polar surface area (TPSA) is 126 Å². The van der Waals surface area contributed by atoms with Gasteiger partial charge in [0.2, 0.25) is 0 Å². The predicted octanol–water partition coefficient (Wildman–Crippen LogP) is 3.84. The molecule has 39 heavy (non-hydrogen) atoms. The van der Waals surface area contributed by atoms with Crippen LogP contribution in [0.2, 0.25) is 0 Å². The van der Waals surface area contributed by atoms with Crippen LogP contribution in [-0.4, -0.2) is 28.7 Å². The van der Waals surface area contributed by atoms with Crippen LogP contribution >= 0.6 is 11.3 Å². The Kier molecular flexibility index (Phi) is 7.24. The fourth-order valence-electron chi connectivity index (χ4n) is 4.32. The maximum absolute atomic E-state index is 13.8. The van der Waals surface area contributed by atoms with Crippen molar-refractivity contribution in [3.05, 3.63) is 119 Å². The normalized spacial score (nSPS) is 15.0. The van der Waals surface area contributed by atoms with Gasteiger partial charge in [-0.3, -0.25) is 19.5 Å². The van der Waals surface area contributed by atoms with Crippen LogP contribution in [0.1, 0.15) is 36.8 Å². The third-order valence-corrected chi connectivity index (χ3v) is 6.93. The highest BCUT2D eigenvalue weighted by atomic mass is 32.1. The summed E-state index contributed by atoms with van der Waals surface area (Å²) in [5, 5.41) is 11.0. The average Bonchev–Trinajstić information content (AvgIpc) is 3.54. The van der Waals surface area contributed by atoms with Gasteiger partial charge >= 0.3 is 11.9 Å². The lowest BCUT2D eigenvalue weighted by atomic mass is 9.93. The van der Waals surface area contributed by atoms with E-state index in [0.717, 1.165) is 11.3 Å². The van der Waals surface area contributed by atoms with Crippen LogP contribution in [0.25, 0.3) is 11.8 Å². The molecule has 0 fully saturated rings. The first kappa shape index (κ1) is 25.9. The molecule has 5 rings (SSSR count). The van der Waals surface area contributed by atoms with Gasteiger partial charge in [-0.2, -0.15) is 0 Å². The van der Waals surface area contributed by atoms with Crippen LogP contribution in [0.4, 0.5) is 5.88 Å². The van der Waals surface area contributed by atoms with E-state index in [0.29, 0.717) is 34.0 Å². The lowest BCUT2D eigenvalue weighted by Crippen LogP contribution is -2.40. The Morgan fingerprint density at radius 2 is 1.85 bits per heavy atom. The Labute approximate surface area is 225 Å². The molecule has 4 aromatic rings. The molecule has 1 aliphatic rings. The number of nitro groups is 1. The van der Waals surface area contributed by atoms with Crippen molar-refractivity contribution >= 4 is 35.0 Å². The molecule has 1 aliphatic heterocycles. The Morgan fingerprint density at radius 3 is 2.49 bits per heavy atom. The Morgan fingerprint density at radius 1 is 1.10 bits per heavy atom. The second-order valence-electron chi connectivity index (χ2n) is 8.37. The van der Waals surface area contributed by atoms with Gasteiger partial charge in [0.1, 0.15) is 16.4 Å². The van der Waals surface area contributed by atoms with Gasteiger partial charge in [0, 0.05) is 11.6 Å². The predicted molar refractivity (Wildman–Crippen MR) is 144 cm³/mol. The van der Waals surface area contributed by atoms with Gasteiger partial charge in [0.25, 0.3) is 5.56 Å². The van der Waals surface area contributed by atoms with Gasteiger partial charge in [-0.1, -0.05) is 53.8 Å². The molecule has 0 bridgehead atoms. The Hall–Kier alpha value is -4.77. The summed E-state index contributed by atoms with van der Waals surface area (Å²) >= 11 is 1.10. The minimum Gasteiger partial charge on any atom is -0.494 e. The van der Waals surface area contributed by atoms with E-state index in [9.17, 15) is 19.7 Å². The average molecular weight is 546 g/mol. The molecule has 0 saturated heterocycles. The summed E-state index contributed by atoms with van der Waals surface area (Å²) < 4.78 is 18.0. The summed E-state index contributed by atoms with van der Waals surface area (Å²) in [6.45, 7) is 4.23. The zero-order valence-corrected chi connectivity index (χ0v) is 21.8. The minimum atomic E-state index is -0.848. The van der Waals surface area contributed by atoms with E-state index >= 15 is 0 Å². The smallest absolute Gasteiger partial charge is 0.433 e. The molecule has 1 atom stereocenters. The maximum atomic E-state index is 13.8. The van der Waals surface area contributed by atoms with Crippen molar-refractivity contribution in [1.29, 1.82) is 0 Å². The standard InChI is InChI=1S/C28H23N3O7S/c1-3-36-19-12-10-18(11-13-19)25-23(27(33)37-4-2)24(17-8-6-5-7-9-17)29-28-30(25)26(32)21(39-28)16-20-14-15-22(38-20)31(34)35/h5-16,25H,3-4H2,1-2H3/t25-/m0/s1. The number of hydrogen-bond donors (Lipinski definition) is 0. The van der Waals surface area contributed by atoms with Crippen LogP contribution in [0.5, 0.6) is 5.75 Å². The molecule has 10 nitrogen and oxygen atoms in total. The molecular formula is C28H23N3O7S. The highest BCUT2D eigenvalue weighted by Gasteiger charge is 2.35. The molecule has 0 N–H and O–H groups in total. The first-order chi connectivity index (χ1) is 18.9. The highest BCUT2D eigenvalue weighted by molar-refractivity contribution is 7.07. The van der Waals surface area contributed by atoms with Crippen molar-refractivity contribution in [1.82, 2.24) is 4.57 Å². The number of thiazole rings is 1. The molecule has 11 heteroatoms. The highest BCUT2D eigenvalue weighted by Crippen LogP contribution is 2.35. The van der Waals surface area contributed by atoms with E-state index < -0.39 is 28.4 Å². The quantitative estimate of drug-likeness (QED) is 0.187. The first-order valence-electron chi connectivity index (χ1n) is 12.2. The van der Waals surface area contributed by atoms with Crippen LogP contribution < -0.4 is 19.6 Å². The SMILES string of the molecule is CCOC(=O)C1=C(c2ccccc2)N=c2sc(=Cc3ccc([N+](=O)[O-])o3)c(=O)n2[C@H]1c1ccc(OCC)cc1. The monoisotopic (exact) mass is 545 g/mol. The minimum absolute atomic E-state index is 0.141. The number of benzene rings is 2. The number of nitrogens with zero attached hydrogens (tertiary/aromatic N) is 3. The van der Waals surface area contributed by atoms with Crippen LogP contribution in [0.15, 0.2) is 86.5 Å². The number of hydrogen-bond acceptors (Lipinski definition) is 9. The van der Waals surface area contributed by atoms with Crippen molar-refractivity contribution in [3.8, 4) is 5.75 Å². The summed E-state index contributed by atoms with van der Waals surface area (Å²) in [7, 11) is 0. The van der Waals surface area contributed by atoms with E-state index in [-0.39, 0.29) is 22.5 Å². The lowest BCUT2D eigenvalue weighted by Gasteiger charge is -2.26. The third kappa shape index (κ3) is 5.04. The van der Waals surface area contributed by atoms with Gasteiger partial charge in [0.05, 0.1) is 41.1 Å². The molecule has 0 unspecified atom stereocenters. The van der Waals surface area contributed by atoms with Crippen LogP contribution in [-0.2, 0) is 9.53 Å². The molecule has 0 radical (unpaired) electrons. The molecule has 0 spiro atoms. The van der Waals surface area contributed by atoms with E-state index in [1.54, 1.807) is 31.2 Å². The molecule has 0 aliphatic carbocycles. The molecule has 0 saturated carbocycles. The largest absolute Gasteiger partial charge is 0.494 e. The molecule has 3 heterocycles. The number of furan rings is 1. The fourth-order valence-corrected chi connectivity index (χ4v) is 5.30. The van der Waals surface area contributed by atoms with Crippen molar-refractivity contribution in [2.24, 2.45) is 4.99 Å². The number of carbonyl (C=O) groups is 1. The van der Waals surface area contributed by atoms with Gasteiger partial charge < -0.3 is 13.9 Å². The fraction of sp³-hybridized carbons (Fsp3) is 0.179. The first-order valence-corrected chi connectivity index (χ1v) is 13.0. The molecule has 2 aromatic carbocycles. The summed E-state index contributed by atoms with van der Waals surface area (Å²) in [5.41, 5.74) is 1.54. The third-order valence-electron chi connectivity index (χ3n) is 5.95. The maximum Gasteiger partial charge on any atom is 0.433 e. The summed E-state index contributed by atoms with van der Waals surface area (Å²) in [4.78, 5) is 42.8. The number of rotatable bonds is 8.